The van der Waals surface area contributed by atoms with Crippen molar-refractivity contribution < 1.29 is 9.53 Å². The third-order valence-corrected chi connectivity index (χ3v) is 4.31. The van der Waals surface area contributed by atoms with E-state index in [2.05, 4.69) is 44.3 Å². The van der Waals surface area contributed by atoms with Crippen LogP contribution in [-0.4, -0.2) is 18.4 Å². The van der Waals surface area contributed by atoms with Crippen molar-refractivity contribution >= 4 is 11.5 Å². The van der Waals surface area contributed by atoms with E-state index in [9.17, 15) is 4.79 Å². The first-order valence-electron chi connectivity index (χ1n) is 8.17. The fourth-order valence-electron chi connectivity index (χ4n) is 3.22. The lowest BCUT2D eigenvalue weighted by atomic mass is 9.85. The smallest absolute Gasteiger partial charge is 0.191 e. The van der Waals surface area contributed by atoms with Gasteiger partial charge in [0.05, 0.1) is 12.7 Å². The number of aryl methyl sites for hydroxylation is 1. The number of methoxy groups -OCH3 is 1. The van der Waals surface area contributed by atoms with E-state index in [-0.39, 0.29) is 11.3 Å². The van der Waals surface area contributed by atoms with Crippen LogP contribution in [0.1, 0.15) is 40.9 Å². The Kier molecular flexibility index (Phi) is 4.18. The van der Waals surface area contributed by atoms with Crippen molar-refractivity contribution in [1.82, 2.24) is 5.32 Å². The van der Waals surface area contributed by atoms with Crippen LogP contribution in [0.2, 0.25) is 0 Å². The number of nitrogens with one attached hydrogen (secondary N) is 1. The molecule has 0 aromatic heterocycles. The Hall–Kier alpha value is -2.55. The van der Waals surface area contributed by atoms with Crippen LogP contribution < -0.4 is 10.1 Å². The first kappa shape index (κ1) is 16.3. The largest absolute Gasteiger partial charge is 0.496 e. The molecule has 1 aliphatic rings. The van der Waals surface area contributed by atoms with E-state index >= 15 is 0 Å². The zero-order valence-electron chi connectivity index (χ0n) is 14.6. The van der Waals surface area contributed by atoms with E-state index in [1.165, 1.54) is 11.1 Å². The molecule has 24 heavy (non-hydrogen) atoms. The average molecular weight is 321 g/mol. The molecule has 3 heteroatoms. The minimum Gasteiger partial charge on any atom is -0.496 e. The number of para-hydroxylation sites is 1. The number of fused-ring (bicyclic) bond motifs is 1. The SMILES string of the molecule is COc1ccccc1C(=O)/C=C1\NC(C)(C)Cc2ccc(C)cc21. The first-order chi connectivity index (χ1) is 11.4. The van der Waals surface area contributed by atoms with Gasteiger partial charge in [0, 0.05) is 22.9 Å². The highest BCUT2D eigenvalue weighted by Gasteiger charge is 2.28. The number of benzene rings is 2. The van der Waals surface area contributed by atoms with Crippen LogP contribution in [0.4, 0.5) is 0 Å². The third-order valence-electron chi connectivity index (χ3n) is 4.31. The van der Waals surface area contributed by atoms with Crippen molar-refractivity contribution in [2.45, 2.75) is 32.7 Å². The molecule has 0 unspecified atom stereocenters. The second kappa shape index (κ2) is 6.16. The maximum absolute atomic E-state index is 12.8. The second-order valence-corrected chi connectivity index (χ2v) is 6.97. The van der Waals surface area contributed by atoms with Crippen LogP contribution in [-0.2, 0) is 6.42 Å². The predicted octanol–water partition coefficient (Wildman–Crippen LogP) is 4.15. The highest BCUT2D eigenvalue weighted by molar-refractivity contribution is 6.10. The van der Waals surface area contributed by atoms with E-state index in [4.69, 9.17) is 4.74 Å². The number of ketones is 1. The monoisotopic (exact) mass is 321 g/mol. The lowest BCUT2D eigenvalue weighted by Crippen LogP contribution is -2.43. The summed E-state index contributed by atoms with van der Waals surface area (Å²) in [5.74, 6) is 0.541. The summed E-state index contributed by atoms with van der Waals surface area (Å²) in [6.45, 7) is 6.37. The molecule has 0 saturated carbocycles. The highest BCUT2D eigenvalue weighted by Crippen LogP contribution is 2.31. The van der Waals surface area contributed by atoms with Gasteiger partial charge in [-0.3, -0.25) is 4.79 Å². The van der Waals surface area contributed by atoms with E-state index in [0.717, 1.165) is 17.7 Å². The standard InChI is InChI=1S/C21H23NO2/c1-14-9-10-15-13-21(2,3)22-18(17(15)11-14)12-19(23)16-7-5-6-8-20(16)24-4/h5-12,22H,13H2,1-4H3/b18-12-. The fraction of sp³-hybridized carbons (Fsp3) is 0.286. The summed E-state index contributed by atoms with van der Waals surface area (Å²) >= 11 is 0. The zero-order chi connectivity index (χ0) is 17.3. The van der Waals surface area contributed by atoms with Gasteiger partial charge in [-0.2, -0.15) is 0 Å². The number of carbonyl (C=O) groups excluding carboxylic acids is 1. The molecule has 0 saturated heterocycles. The van der Waals surface area contributed by atoms with E-state index < -0.39 is 0 Å². The van der Waals surface area contributed by atoms with Crippen LogP contribution in [0.25, 0.3) is 5.70 Å². The number of carbonyl (C=O) groups is 1. The third kappa shape index (κ3) is 3.21. The lowest BCUT2D eigenvalue weighted by Gasteiger charge is -2.35. The Balaban J connectivity index is 2.06. The molecule has 0 amide bonds. The Morgan fingerprint density at radius 3 is 2.71 bits per heavy atom. The maximum atomic E-state index is 12.8. The van der Waals surface area contributed by atoms with Gasteiger partial charge in [-0.25, -0.2) is 0 Å². The first-order valence-corrected chi connectivity index (χ1v) is 8.17. The molecular formula is C21H23NO2. The number of rotatable bonds is 3. The molecule has 3 nitrogen and oxygen atoms in total. The van der Waals surface area contributed by atoms with Gasteiger partial charge in [-0.05, 0) is 51.0 Å². The van der Waals surface area contributed by atoms with Crippen LogP contribution in [0, 0.1) is 6.92 Å². The second-order valence-electron chi connectivity index (χ2n) is 6.97. The molecule has 0 spiro atoms. The van der Waals surface area contributed by atoms with Crippen LogP contribution in [0.5, 0.6) is 5.75 Å². The van der Waals surface area contributed by atoms with E-state index in [1.807, 2.05) is 18.2 Å². The lowest BCUT2D eigenvalue weighted by molar-refractivity contribution is 0.104. The van der Waals surface area contributed by atoms with E-state index in [0.29, 0.717) is 11.3 Å². The Morgan fingerprint density at radius 2 is 1.96 bits per heavy atom. The number of hydrogen-bond acceptors (Lipinski definition) is 3. The molecule has 124 valence electrons. The average Bonchev–Trinajstić information content (AvgIpc) is 2.54. The van der Waals surface area contributed by atoms with Gasteiger partial charge in [0.15, 0.2) is 5.78 Å². The molecule has 3 rings (SSSR count). The predicted molar refractivity (Wildman–Crippen MR) is 97.4 cm³/mol. The van der Waals surface area contributed by atoms with E-state index in [1.54, 1.807) is 19.3 Å². The van der Waals surface area contributed by atoms with Crippen molar-refractivity contribution in [3.05, 3.63) is 70.8 Å². The molecule has 0 radical (unpaired) electrons. The normalized spacial score (nSPS) is 17.1. The number of hydrogen-bond donors (Lipinski definition) is 1. The van der Waals surface area contributed by atoms with Gasteiger partial charge >= 0.3 is 0 Å². The Morgan fingerprint density at radius 1 is 1.21 bits per heavy atom. The number of allylic oxidation sites excluding steroid dienone is 1. The molecule has 1 N–H and O–H groups in total. The van der Waals surface area contributed by atoms with Gasteiger partial charge in [0.1, 0.15) is 5.75 Å². The van der Waals surface area contributed by atoms with Crippen LogP contribution in [0.15, 0.2) is 48.5 Å². The molecule has 1 heterocycles. The zero-order valence-corrected chi connectivity index (χ0v) is 14.6. The molecule has 2 aromatic rings. The van der Waals surface area contributed by atoms with Crippen LogP contribution in [0.3, 0.4) is 0 Å². The maximum Gasteiger partial charge on any atom is 0.191 e. The minimum absolute atomic E-state index is 0.0555. The topological polar surface area (TPSA) is 38.3 Å². The summed E-state index contributed by atoms with van der Waals surface area (Å²) < 4.78 is 5.31. The minimum atomic E-state index is -0.0881. The van der Waals surface area contributed by atoms with Gasteiger partial charge < -0.3 is 10.1 Å². The molecule has 1 aliphatic heterocycles. The van der Waals surface area contributed by atoms with Crippen molar-refractivity contribution in [2.75, 3.05) is 7.11 Å². The molecule has 2 aromatic carbocycles. The summed E-state index contributed by atoms with van der Waals surface area (Å²) in [6.07, 6.45) is 2.62. The summed E-state index contributed by atoms with van der Waals surface area (Å²) in [4.78, 5) is 12.8. The highest BCUT2D eigenvalue weighted by atomic mass is 16.5. The molecule has 0 fully saturated rings. The quantitative estimate of drug-likeness (QED) is 0.682. The summed E-state index contributed by atoms with van der Waals surface area (Å²) in [5.41, 5.74) is 4.93. The molecular weight excluding hydrogens is 298 g/mol. The van der Waals surface area contributed by atoms with Gasteiger partial charge in [0.2, 0.25) is 0 Å². The van der Waals surface area contributed by atoms with Crippen molar-refractivity contribution in [1.29, 1.82) is 0 Å². The van der Waals surface area contributed by atoms with Crippen LogP contribution >= 0.6 is 0 Å². The molecule has 0 aliphatic carbocycles. The van der Waals surface area contributed by atoms with Crippen molar-refractivity contribution in [2.24, 2.45) is 0 Å². The summed E-state index contributed by atoms with van der Waals surface area (Å²) in [7, 11) is 1.58. The molecule has 0 atom stereocenters. The van der Waals surface area contributed by atoms with Gasteiger partial charge in [-0.15, -0.1) is 0 Å². The summed E-state index contributed by atoms with van der Waals surface area (Å²) in [5, 5.41) is 3.51. The van der Waals surface area contributed by atoms with Crippen molar-refractivity contribution in [3.63, 3.8) is 0 Å². The Bertz CT molecular complexity index is 818. The van der Waals surface area contributed by atoms with Gasteiger partial charge in [-0.1, -0.05) is 29.8 Å². The fourth-order valence-corrected chi connectivity index (χ4v) is 3.22. The summed E-state index contributed by atoms with van der Waals surface area (Å²) in [6, 6.07) is 13.7. The Labute approximate surface area is 143 Å². The molecule has 0 bridgehead atoms. The number of ether oxygens (including phenoxy) is 1. The van der Waals surface area contributed by atoms with Crippen molar-refractivity contribution in [3.8, 4) is 5.75 Å². The van der Waals surface area contributed by atoms with Gasteiger partial charge in [0.25, 0.3) is 0 Å².